The van der Waals surface area contributed by atoms with Crippen LogP contribution in [0.25, 0.3) is 0 Å². The number of aryl methyl sites for hydroxylation is 1. The Hall–Kier alpha value is -2.53. The number of ether oxygens (including phenoxy) is 1. The van der Waals surface area contributed by atoms with Crippen molar-refractivity contribution in [2.45, 2.75) is 51.6 Å². The molecule has 1 aromatic heterocycles. The van der Waals surface area contributed by atoms with Gasteiger partial charge in [0.05, 0.1) is 12.4 Å². The highest BCUT2D eigenvalue weighted by Crippen LogP contribution is 2.31. The van der Waals surface area contributed by atoms with E-state index in [2.05, 4.69) is 14.8 Å². The van der Waals surface area contributed by atoms with Gasteiger partial charge in [-0.1, -0.05) is 12.5 Å². The summed E-state index contributed by atoms with van der Waals surface area (Å²) in [5.74, 6) is -0.546. The molecule has 0 spiro atoms. The van der Waals surface area contributed by atoms with Gasteiger partial charge in [0.25, 0.3) is 5.91 Å². The van der Waals surface area contributed by atoms with Crippen LogP contribution in [0.1, 0.15) is 61.3 Å². The lowest BCUT2D eigenvalue weighted by Crippen LogP contribution is -2.29. The van der Waals surface area contributed by atoms with E-state index in [0.717, 1.165) is 12.8 Å². The first-order valence-corrected chi connectivity index (χ1v) is 12.0. The second-order valence-corrected chi connectivity index (χ2v) is 9.73. The number of carbonyl (C=O) groups is 1. The number of hydrogen-bond acceptors (Lipinski definition) is 6. The fourth-order valence-electron chi connectivity index (χ4n) is 3.05. The van der Waals surface area contributed by atoms with Crippen LogP contribution < -0.4 is 15.2 Å². The van der Waals surface area contributed by atoms with Crippen molar-refractivity contribution in [2.24, 2.45) is 11.7 Å². The molecule has 31 heavy (non-hydrogen) atoms. The standard InChI is InChI=1S/C20H28FN5O4S/c1-14(16-7-8-17(21)18(11-16)30-12-15-5-6-15)25-31(28,29)10-4-2-3-9-26-13-23-20(24-26)19(22)27/h7-8,11,13-15,25H,2-6,9-10,12H2,1H3,(H2,22,27)/t14-/m1/s1. The molecule has 0 bridgehead atoms. The molecule has 170 valence electrons. The minimum Gasteiger partial charge on any atom is -0.490 e. The van der Waals surface area contributed by atoms with Gasteiger partial charge in [0, 0.05) is 12.6 Å². The van der Waals surface area contributed by atoms with E-state index in [-0.39, 0.29) is 17.3 Å². The number of benzene rings is 1. The van der Waals surface area contributed by atoms with Crippen molar-refractivity contribution in [1.29, 1.82) is 0 Å². The zero-order valence-corrected chi connectivity index (χ0v) is 18.3. The summed E-state index contributed by atoms with van der Waals surface area (Å²) in [4.78, 5) is 14.8. The van der Waals surface area contributed by atoms with Crippen LogP contribution in [0.5, 0.6) is 5.75 Å². The van der Waals surface area contributed by atoms with Gasteiger partial charge in [0.2, 0.25) is 15.8 Å². The van der Waals surface area contributed by atoms with E-state index < -0.39 is 27.8 Å². The second kappa shape index (κ2) is 10.2. The van der Waals surface area contributed by atoms with E-state index in [0.29, 0.717) is 43.9 Å². The molecule has 1 aromatic carbocycles. The number of nitrogens with two attached hydrogens (primary N) is 1. The van der Waals surface area contributed by atoms with Crippen molar-refractivity contribution in [3.05, 3.63) is 41.7 Å². The van der Waals surface area contributed by atoms with Gasteiger partial charge >= 0.3 is 0 Å². The summed E-state index contributed by atoms with van der Waals surface area (Å²) in [6.45, 7) is 2.72. The zero-order valence-electron chi connectivity index (χ0n) is 17.5. The van der Waals surface area contributed by atoms with E-state index in [9.17, 15) is 17.6 Å². The predicted octanol–water partition coefficient (Wildman–Crippen LogP) is 2.16. The molecular weight excluding hydrogens is 425 g/mol. The number of nitrogens with zero attached hydrogens (tertiary/aromatic N) is 3. The molecule has 1 atom stereocenters. The minimum atomic E-state index is -3.50. The summed E-state index contributed by atoms with van der Waals surface area (Å²) in [5, 5.41) is 3.93. The number of carbonyl (C=O) groups excluding carboxylic acids is 1. The second-order valence-electron chi connectivity index (χ2n) is 7.86. The lowest BCUT2D eigenvalue weighted by atomic mass is 10.1. The van der Waals surface area contributed by atoms with Gasteiger partial charge in [-0.15, -0.1) is 5.10 Å². The molecule has 0 aliphatic heterocycles. The van der Waals surface area contributed by atoms with Gasteiger partial charge in [-0.3, -0.25) is 9.48 Å². The van der Waals surface area contributed by atoms with Crippen molar-refractivity contribution in [3.63, 3.8) is 0 Å². The maximum Gasteiger partial charge on any atom is 0.288 e. The van der Waals surface area contributed by atoms with Crippen molar-refractivity contribution in [3.8, 4) is 5.75 Å². The summed E-state index contributed by atoms with van der Waals surface area (Å²) in [7, 11) is -3.50. The average Bonchev–Trinajstić information content (AvgIpc) is 3.41. The number of unbranched alkanes of at least 4 members (excludes halogenated alkanes) is 2. The number of aromatic nitrogens is 3. The van der Waals surface area contributed by atoms with Crippen molar-refractivity contribution >= 4 is 15.9 Å². The lowest BCUT2D eigenvalue weighted by Gasteiger charge is -2.16. The molecular formula is C20H28FN5O4S. The van der Waals surface area contributed by atoms with Crippen LogP contribution in [0, 0.1) is 11.7 Å². The van der Waals surface area contributed by atoms with Gasteiger partial charge in [-0.2, -0.15) is 0 Å². The van der Waals surface area contributed by atoms with Gasteiger partial charge in [-0.05, 0) is 56.2 Å². The molecule has 1 saturated carbocycles. The largest absolute Gasteiger partial charge is 0.490 e. The Morgan fingerprint density at radius 1 is 1.35 bits per heavy atom. The minimum absolute atomic E-state index is 0.0204. The summed E-state index contributed by atoms with van der Waals surface area (Å²) >= 11 is 0. The fourth-order valence-corrected chi connectivity index (χ4v) is 4.42. The Labute approximate surface area is 181 Å². The Kier molecular flexibility index (Phi) is 7.60. The third kappa shape index (κ3) is 7.28. The first kappa shape index (κ1) is 23.1. The van der Waals surface area contributed by atoms with Crippen molar-refractivity contribution < 1.29 is 22.3 Å². The highest BCUT2D eigenvalue weighted by molar-refractivity contribution is 7.89. The molecule has 11 heteroatoms. The van der Waals surface area contributed by atoms with Crippen LogP contribution in [0.15, 0.2) is 24.5 Å². The molecule has 1 fully saturated rings. The van der Waals surface area contributed by atoms with Crippen molar-refractivity contribution in [2.75, 3.05) is 12.4 Å². The Bertz CT molecular complexity index is 1010. The highest BCUT2D eigenvalue weighted by atomic mass is 32.2. The molecule has 1 heterocycles. The van der Waals surface area contributed by atoms with Gasteiger partial charge in [-0.25, -0.2) is 22.5 Å². The Morgan fingerprint density at radius 2 is 2.13 bits per heavy atom. The summed E-state index contributed by atoms with van der Waals surface area (Å²) in [6.07, 6.45) is 5.45. The number of halogens is 1. The van der Waals surface area contributed by atoms with Gasteiger partial charge in [0.15, 0.2) is 11.6 Å². The summed E-state index contributed by atoms with van der Waals surface area (Å²) < 4.78 is 48.4. The number of nitrogens with one attached hydrogen (secondary N) is 1. The predicted molar refractivity (Wildman–Crippen MR) is 112 cm³/mol. The maximum absolute atomic E-state index is 13.9. The first-order valence-electron chi connectivity index (χ1n) is 10.3. The van der Waals surface area contributed by atoms with Crippen molar-refractivity contribution in [1.82, 2.24) is 19.5 Å². The average molecular weight is 454 g/mol. The molecule has 2 aromatic rings. The fraction of sp³-hybridized carbons (Fsp3) is 0.550. The topological polar surface area (TPSA) is 129 Å². The molecule has 9 nitrogen and oxygen atoms in total. The number of primary amides is 1. The highest BCUT2D eigenvalue weighted by Gasteiger charge is 2.23. The zero-order chi connectivity index (χ0) is 22.4. The monoisotopic (exact) mass is 453 g/mol. The third-order valence-corrected chi connectivity index (χ3v) is 6.58. The van der Waals surface area contributed by atoms with E-state index in [4.69, 9.17) is 10.5 Å². The van der Waals surface area contributed by atoms with Crippen LogP contribution in [0.4, 0.5) is 4.39 Å². The van der Waals surface area contributed by atoms with Crippen LogP contribution in [-0.2, 0) is 16.6 Å². The number of hydrogen-bond donors (Lipinski definition) is 2. The number of sulfonamides is 1. The van der Waals surface area contributed by atoms with E-state index in [1.54, 1.807) is 19.1 Å². The molecule has 0 radical (unpaired) electrons. The molecule has 1 amide bonds. The lowest BCUT2D eigenvalue weighted by molar-refractivity contribution is 0.0990. The normalized spacial score (nSPS) is 15.0. The maximum atomic E-state index is 13.9. The Balaban J connectivity index is 1.42. The number of rotatable bonds is 13. The Morgan fingerprint density at radius 3 is 2.81 bits per heavy atom. The van der Waals surface area contributed by atoms with Gasteiger partial charge in [0.1, 0.15) is 6.33 Å². The molecule has 0 unspecified atom stereocenters. The van der Waals surface area contributed by atoms with Crippen LogP contribution in [0.2, 0.25) is 0 Å². The van der Waals surface area contributed by atoms with E-state index in [1.807, 2.05) is 0 Å². The molecule has 0 saturated heterocycles. The van der Waals surface area contributed by atoms with E-state index >= 15 is 0 Å². The van der Waals surface area contributed by atoms with Crippen LogP contribution >= 0.6 is 0 Å². The summed E-state index contributed by atoms with van der Waals surface area (Å²) in [6, 6.07) is 3.92. The smallest absolute Gasteiger partial charge is 0.288 e. The first-order chi connectivity index (χ1) is 14.7. The number of amides is 1. The molecule has 1 aliphatic carbocycles. The van der Waals surface area contributed by atoms with E-state index in [1.165, 1.54) is 17.1 Å². The van der Waals surface area contributed by atoms with Crippen LogP contribution in [-0.4, -0.2) is 41.4 Å². The third-order valence-electron chi connectivity index (χ3n) is 5.04. The summed E-state index contributed by atoms with van der Waals surface area (Å²) in [5.41, 5.74) is 5.75. The SMILES string of the molecule is C[C@@H](NS(=O)(=O)CCCCCn1cnc(C(N)=O)n1)c1ccc(F)c(OCC2CC2)c1. The molecule has 3 rings (SSSR count). The van der Waals surface area contributed by atoms with Crippen LogP contribution in [0.3, 0.4) is 0 Å². The molecule has 3 N–H and O–H groups in total. The van der Waals surface area contributed by atoms with Gasteiger partial charge < -0.3 is 10.5 Å². The molecule has 1 aliphatic rings. The quantitative estimate of drug-likeness (QED) is 0.447.